The molecule has 0 aromatic heterocycles. The van der Waals surface area contributed by atoms with Gasteiger partial charge in [-0.15, -0.1) is 0 Å². The maximum atomic E-state index is 12.5. The lowest BCUT2D eigenvalue weighted by Gasteiger charge is -2.16. The van der Waals surface area contributed by atoms with E-state index < -0.39 is 0 Å². The van der Waals surface area contributed by atoms with Gasteiger partial charge in [-0.2, -0.15) is 0 Å². The molecular formula is C22H23Cl2N3O3. The Morgan fingerprint density at radius 3 is 2.40 bits per heavy atom. The Labute approximate surface area is 185 Å². The second kappa shape index (κ2) is 9.96. The molecule has 0 aliphatic carbocycles. The minimum absolute atomic E-state index is 0.0259. The fraction of sp³-hybridized carbons (Fsp3) is 0.318. The molecule has 30 heavy (non-hydrogen) atoms. The first kappa shape index (κ1) is 22.1. The summed E-state index contributed by atoms with van der Waals surface area (Å²) in [5.41, 5.74) is 1.54. The number of anilines is 2. The first-order chi connectivity index (χ1) is 14.4. The van der Waals surface area contributed by atoms with Crippen molar-refractivity contribution in [2.45, 2.75) is 26.2 Å². The van der Waals surface area contributed by atoms with Crippen LogP contribution < -0.4 is 10.6 Å². The number of halogens is 2. The first-order valence-corrected chi connectivity index (χ1v) is 10.6. The lowest BCUT2D eigenvalue weighted by molar-refractivity contribution is -0.128. The van der Waals surface area contributed by atoms with Crippen LogP contribution in [-0.2, 0) is 9.59 Å². The Balaban J connectivity index is 1.56. The molecule has 0 saturated carbocycles. The highest BCUT2D eigenvalue weighted by atomic mass is 35.5. The molecule has 2 N–H and O–H groups in total. The van der Waals surface area contributed by atoms with Gasteiger partial charge in [-0.3, -0.25) is 14.4 Å². The van der Waals surface area contributed by atoms with E-state index in [1.807, 2.05) is 0 Å². The van der Waals surface area contributed by atoms with Crippen molar-refractivity contribution in [1.82, 2.24) is 4.90 Å². The molecule has 0 unspecified atom stereocenters. The maximum absolute atomic E-state index is 12.5. The van der Waals surface area contributed by atoms with Crippen LogP contribution in [0.2, 0.25) is 10.0 Å². The molecule has 1 heterocycles. The van der Waals surface area contributed by atoms with Crippen LogP contribution in [-0.4, -0.2) is 35.7 Å². The van der Waals surface area contributed by atoms with Gasteiger partial charge in [0.05, 0.1) is 16.0 Å². The van der Waals surface area contributed by atoms with Crippen molar-refractivity contribution in [2.24, 2.45) is 5.92 Å². The summed E-state index contributed by atoms with van der Waals surface area (Å²) in [5, 5.41) is 6.34. The zero-order chi connectivity index (χ0) is 21.7. The average Bonchev–Trinajstić information content (AvgIpc) is 3.10. The Morgan fingerprint density at radius 2 is 1.73 bits per heavy atom. The number of rotatable bonds is 7. The molecule has 0 bridgehead atoms. The van der Waals surface area contributed by atoms with Crippen LogP contribution >= 0.6 is 23.2 Å². The number of hydrogen-bond donors (Lipinski definition) is 2. The average molecular weight is 448 g/mol. The standard InChI is InChI=1S/C22H23Cl2N3O3/c1-2-3-10-27-13-15(11-20(27)28)22(30)25-16-6-4-14(5-7-16)21(29)26-17-8-9-18(23)19(24)12-17/h4-9,12,15H,2-3,10-11,13H2,1H3,(H,25,30)(H,26,29)/t15-/m0/s1. The second-order valence-corrected chi connectivity index (χ2v) is 8.06. The van der Waals surface area contributed by atoms with Crippen LogP contribution in [0.4, 0.5) is 11.4 Å². The highest BCUT2D eigenvalue weighted by molar-refractivity contribution is 6.42. The van der Waals surface area contributed by atoms with Crippen molar-refractivity contribution in [2.75, 3.05) is 23.7 Å². The smallest absolute Gasteiger partial charge is 0.255 e. The van der Waals surface area contributed by atoms with Gasteiger partial charge in [0.25, 0.3) is 5.91 Å². The van der Waals surface area contributed by atoms with Gasteiger partial charge < -0.3 is 15.5 Å². The summed E-state index contributed by atoms with van der Waals surface area (Å²) in [7, 11) is 0. The van der Waals surface area contributed by atoms with Gasteiger partial charge >= 0.3 is 0 Å². The molecule has 1 fully saturated rings. The predicted octanol–water partition coefficient (Wildman–Crippen LogP) is 4.83. The van der Waals surface area contributed by atoms with Gasteiger partial charge in [0.2, 0.25) is 11.8 Å². The third-order valence-electron chi connectivity index (χ3n) is 4.96. The molecule has 158 valence electrons. The van der Waals surface area contributed by atoms with Crippen LogP contribution in [0.5, 0.6) is 0 Å². The Hall–Kier alpha value is -2.57. The summed E-state index contributed by atoms with van der Waals surface area (Å²) in [6.45, 7) is 3.22. The number of benzene rings is 2. The van der Waals surface area contributed by atoms with Gasteiger partial charge in [-0.25, -0.2) is 0 Å². The summed E-state index contributed by atoms with van der Waals surface area (Å²) >= 11 is 11.8. The SMILES string of the molecule is CCCCN1C[C@@H](C(=O)Nc2ccc(C(=O)Nc3ccc(Cl)c(Cl)c3)cc2)CC1=O. The van der Waals surface area contributed by atoms with Gasteiger partial charge in [0.15, 0.2) is 0 Å². The van der Waals surface area contributed by atoms with Crippen molar-refractivity contribution >= 4 is 52.3 Å². The monoisotopic (exact) mass is 447 g/mol. The van der Waals surface area contributed by atoms with Crippen LogP contribution in [0.3, 0.4) is 0 Å². The summed E-state index contributed by atoms with van der Waals surface area (Å²) in [5.74, 6) is -0.820. The molecule has 1 atom stereocenters. The molecule has 1 aliphatic rings. The highest BCUT2D eigenvalue weighted by Gasteiger charge is 2.33. The van der Waals surface area contributed by atoms with Gasteiger partial charge in [0, 0.05) is 36.4 Å². The number of amides is 3. The minimum Gasteiger partial charge on any atom is -0.342 e. The van der Waals surface area contributed by atoms with Crippen molar-refractivity contribution in [1.29, 1.82) is 0 Å². The summed E-state index contributed by atoms with van der Waals surface area (Å²) in [4.78, 5) is 38.7. The molecule has 2 aromatic rings. The van der Waals surface area contributed by atoms with E-state index >= 15 is 0 Å². The summed E-state index contributed by atoms with van der Waals surface area (Å²) in [6.07, 6.45) is 2.18. The molecule has 1 saturated heterocycles. The third-order valence-corrected chi connectivity index (χ3v) is 5.70. The third kappa shape index (κ3) is 5.52. The predicted molar refractivity (Wildman–Crippen MR) is 119 cm³/mol. The van der Waals surface area contributed by atoms with E-state index in [1.54, 1.807) is 47.4 Å². The number of nitrogens with one attached hydrogen (secondary N) is 2. The maximum Gasteiger partial charge on any atom is 0.255 e. The second-order valence-electron chi connectivity index (χ2n) is 7.24. The number of likely N-dealkylation sites (tertiary alicyclic amines) is 1. The molecule has 2 aromatic carbocycles. The van der Waals surface area contributed by atoms with E-state index in [9.17, 15) is 14.4 Å². The Morgan fingerprint density at radius 1 is 1.03 bits per heavy atom. The van der Waals surface area contributed by atoms with Gasteiger partial charge in [-0.1, -0.05) is 36.5 Å². The van der Waals surface area contributed by atoms with Crippen LogP contribution in [0.1, 0.15) is 36.5 Å². The van der Waals surface area contributed by atoms with E-state index in [0.717, 1.165) is 12.8 Å². The van der Waals surface area contributed by atoms with Crippen LogP contribution in [0.15, 0.2) is 42.5 Å². The molecule has 1 aliphatic heterocycles. The molecular weight excluding hydrogens is 425 g/mol. The van der Waals surface area contributed by atoms with Crippen molar-refractivity contribution in [3.8, 4) is 0 Å². The summed E-state index contributed by atoms with van der Waals surface area (Å²) < 4.78 is 0. The van der Waals surface area contributed by atoms with Crippen molar-refractivity contribution in [3.05, 3.63) is 58.1 Å². The van der Waals surface area contributed by atoms with Gasteiger partial charge in [0.1, 0.15) is 0 Å². The fourth-order valence-corrected chi connectivity index (χ4v) is 3.54. The van der Waals surface area contributed by atoms with Crippen molar-refractivity contribution in [3.63, 3.8) is 0 Å². The van der Waals surface area contributed by atoms with Crippen molar-refractivity contribution < 1.29 is 14.4 Å². The normalized spacial score (nSPS) is 15.9. The van der Waals surface area contributed by atoms with E-state index in [1.165, 1.54) is 0 Å². The lowest BCUT2D eigenvalue weighted by Crippen LogP contribution is -2.29. The topological polar surface area (TPSA) is 78.5 Å². The lowest BCUT2D eigenvalue weighted by atomic mass is 10.1. The van der Waals surface area contributed by atoms with E-state index in [4.69, 9.17) is 23.2 Å². The fourth-order valence-electron chi connectivity index (χ4n) is 3.24. The summed E-state index contributed by atoms with van der Waals surface area (Å²) in [6, 6.07) is 11.4. The van der Waals surface area contributed by atoms with E-state index in [0.29, 0.717) is 40.1 Å². The molecule has 0 radical (unpaired) electrons. The minimum atomic E-state index is -0.355. The zero-order valence-electron chi connectivity index (χ0n) is 16.6. The van der Waals surface area contributed by atoms with Crippen LogP contribution in [0.25, 0.3) is 0 Å². The molecule has 0 spiro atoms. The highest BCUT2D eigenvalue weighted by Crippen LogP contribution is 2.25. The molecule has 3 rings (SSSR count). The van der Waals surface area contributed by atoms with E-state index in [2.05, 4.69) is 17.6 Å². The largest absolute Gasteiger partial charge is 0.342 e. The number of unbranched alkanes of at least 4 members (excludes halogenated alkanes) is 1. The molecule has 3 amide bonds. The number of carbonyl (C=O) groups is 3. The van der Waals surface area contributed by atoms with Gasteiger partial charge in [-0.05, 0) is 48.9 Å². The quantitative estimate of drug-likeness (QED) is 0.637. The first-order valence-electron chi connectivity index (χ1n) is 9.82. The number of carbonyl (C=O) groups excluding carboxylic acids is 3. The van der Waals surface area contributed by atoms with Crippen LogP contribution in [0, 0.1) is 5.92 Å². The number of hydrogen-bond acceptors (Lipinski definition) is 3. The number of nitrogens with zero attached hydrogens (tertiary/aromatic N) is 1. The molecule has 6 nitrogen and oxygen atoms in total. The van der Waals surface area contributed by atoms with E-state index in [-0.39, 0.29) is 30.1 Å². The zero-order valence-corrected chi connectivity index (χ0v) is 18.1. The molecule has 8 heteroatoms. The Kier molecular flexibility index (Phi) is 7.34. The Bertz CT molecular complexity index is 947.